The van der Waals surface area contributed by atoms with E-state index in [2.05, 4.69) is 35.9 Å². The highest BCUT2D eigenvalue weighted by Crippen LogP contribution is 2.30. The quantitative estimate of drug-likeness (QED) is 0.355. The van der Waals surface area contributed by atoms with Gasteiger partial charge in [-0.15, -0.1) is 0 Å². The van der Waals surface area contributed by atoms with Crippen molar-refractivity contribution in [2.45, 2.75) is 55.4 Å². The van der Waals surface area contributed by atoms with Crippen molar-refractivity contribution in [1.29, 1.82) is 0 Å². The van der Waals surface area contributed by atoms with Crippen molar-refractivity contribution in [1.82, 2.24) is 30.6 Å². The number of thioether (sulfide) groups is 1. The molecule has 0 atom stereocenters. The van der Waals surface area contributed by atoms with Crippen LogP contribution in [0, 0.1) is 5.82 Å². The molecule has 3 aromatic rings. The summed E-state index contributed by atoms with van der Waals surface area (Å²) < 4.78 is 19.8. The third kappa shape index (κ3) is 5.26. The fraction of sp³-hybridized carbons (Fsp3) is 0.458. The van der Waals surface area contributed by atoms with E-state index >= 15 is 0 Å². The number of ether oxygens (including phenoxy) is 1. The minimum Gasteiger partial charge on any atom is -0.481 e. The van der Waals surface area contributed by atoms with Crippen molar-refractivity contribution >= 4 is 34.5 Å². The minimum absolute atomic E-state index is 0.00197. The summed E-state index contributed by atoms with van der Waals surface area (Å²) in [6.45, 7) is 0.753. The van der Waals surface area contributed by atoms with Crippen LogP contribution in [0.3, 0.4) is 0 Å². The Hall–Kier alpha value is -2.93. The standard InChI is InChI=1S/C24H28FN7O3S/c1-35-20-3-2-18-21(32-20)16(17(25)11-27-18)10-26-14-4-6-24(13-33,7-5-14)29-9-15-8-28-23-22(30-15)31-19(34)12-36-23/h2-3,8,11,14,26,29,33H,4-7,9-10,12-13H2,1H3,(H,30,31,34)/t14-,24-. The highest BCUT2D eigenvalue weighted by molar-refractivity contribution is 8.00. The van der Waals surface area contributed by atoms with Gasteiger partial charge in [-0.3, -0.25) is 9.78 Å². The number of amides is 1. The van der Waals surface area contributed by atoms with Gasteiger partial charge in [-0.2, -0.15) is 0 Å². The lowest BCUT2D eigenvalue weighted by Crippen LogP contribution is -2.53. The Labute approximate surface area is 211 Å². The van der Waals surface area contributed by atoms with Crippen LogP contribution < -0.4 is 20.7 Å². The summed E-state index contributed by atoms with van der Waals surface area (Å²) in [6.07, 6.45) is 6.05. The Morgan fingerprint density at radius 3 is 2.83 bits per heavy atom. The molecule has 3 aromatic heterocycles. The summed E-state index contributed by atoms with van der Waals surface area (Å²) >= 11 is 1.37. The molecule has 10 nitrogen and oxygen atoms in total. The molecule has 1 saturated carbocycles. The smallest absolute Gasteiger partial charge is 0.236 e. The maximum atomic E-state index is 14.6. The van der Waals surface area contributed by atoms with Crippen LogP contribution in [0.1, 0.15) is 36.9 Å². The van der Waals surface area contributed by atoms with Gasteiger partial charge < -0.3 is 25.8 Å². The Kier molecular flexibility index (Phi) is 7.28. The van der Waals surface area contributed by atoms with Gasteiger partial charge in [0.15, 0.2) is 5.82 Å². The molecule has 1 fully saturated rings. The largest absolute Gasteiger partial charge is 0.481 e. The van der Waals surface area contributed by atoms with Gasteiger partial charge in [-0.05, 0) is 31.7 Å². The first kappa shape index (κ1) is 24.8. The Balaban J connectivity index is 1.19. The van der Waals surface area contributed by atoms with Gasteiger partial charge in [-0.25, -0.2) is 19.3 Å². The van der Waals surface area contributed by atoms with Gasteiger partial charge in [0.25, 0.3) is 0 Å². The Morgan fingerprint density at radius 2 is 2.06 bits per heavy atom. The molecule has 1 aliphatic carbocycles. The van der Waals surface area contributed by atoms with Gasteiger partial charge in [0.05, 0.1) is 43.1 Å². The normalized spacial score (nSPS) is 21.8. The summed E-state index contributed by atoms with van der Waals surface area (Å²) in [5, 5.41) is 20.6. The first-order valence-corrected chi connectivity index (χ1v) is 12.8. The predicted octanol–water partition coefficient (Wildman–Crippen LogP) is 2.16. The highest BCUT2D eigenvalue weighted by atomic mass is 32.2. The molecule has 1 aliphatic heterocycles. The minimum atomic E-state index is -0.433. The Morgan fingerprint density at radius 1 is 1.22 bits per heavy atom. The first-order valence-electron chi connectivity index (χ1n) is 11.8. The molecule has 36 heavy (non-hydrogen) atoms. The van der Waals surface area contributed by atoms with E-state index in [1.54, 1.807) is 18.3 Å². The summed E-state index contributed by atoms with van der Waals surface area (Å²) in [5.74, 6) is 0.760. The lowest BCUT2D eigenvalue weighted by Gasteiger charge is -2.40. The number of rotatable bonds is 8. The molecule has 0 saturated heterocycles. The number of fused-ring (bicyclic) bond motifs is 2. The van der Waals surface area contributed by atoms with Gasteiger partial charge in [-0.1, -0.05) is 11.8 Å². The van der Waals surface area contributed by atoms with Crippen molar-refractivity contribution in [3.05, 3.63) is 41.6 Å². The van der Waals surface area contributed by atoms with E-state index in [0.717, 1.165) is 25.7 Å². The molecule has 0 unspecified atom stereocenters. The maximum Gasteiger partial charge on any atom is 0.236 e. The van der Waals surface area contributed by atoms with E-state index in [9.17, 15) is 14.3 Å². The van der Waals surface area contributed by atoms with Crippen LogP contribution in [0.15, 0.2) is 29.6 Å². The van der Waals surface area contributed by atoms with Crippen molar-refractivity contribution in [3.63, 3.8) is 0 Å². The predicted molar refractivity (Wildman–Crippen MR) is 133 cm³/mol. The number of aliphatic hydroxyl groups is 1. The molecular weight excluding hydrogens is 485 g/mol. The molecule has 2 aliphatic rings. The van der Waals surface area contributed by atoms with Crippen molar-refractivity contribution < 1.29 is 19.0 Å². The number of nitrogens with one attached hydrogen (secondary N) is 3. The third-order valence-electron chi connectivity index (χ3n) is 6.79. The number of halogens is 1. The van der Waals surface area contributed by atoms with Crippen LogP contribution in [0.5, 0.6) is 5.88 Å². The number of anilines is 1. The third-order valence-corrected chi connectivity index (χ3v) is 7.77. The average molecular weight is 514 g/mol. The molecule has 0 radical (unpaired) electrons. The van der Waals surface area contributed by atoms with E-state index in [-0.39, 0.29) is 18.6 Å². The molecule has 4 heterocycles. The number of carbonyl (C=O) groups excluding carboxylic acids is 1. The molecule has 12 heteroatoms. The van der Waals surface area contributed by atoms with Crippen molar-refractivity contribution in [3.8, 4) is 5.88 Å². The van der Waals surface area contributed by atoms with E-state index in [1.807, 2.05) is 0 Å². The lowest BCUT2D eigenvalue weighted by atomic mass is 9.79. The zero-order chi connectivity index (χ0) is 25.1. The van der Waals surface area contributed by atoms with Crippen LogP contribution in [0.4, 0.5) is 10.2 Å². The number of pyridine rings is 2. The van der Waals surface area contributed by atoms with Crippen LogP contribution >= 0.6 is 11.8 Å². The zero-order valence-electron chi connectivity index (χ0n) is 19.9. The number of hydrogen-bond donors (Lipinski definition) is 4. The summed E-state index contributed by atoms with van der Waals surface area (Å²) in [5.41, 5.74) is 1.84. The van der Waals surface area contributed by atoms with Crippen molar-refractivity contribution in [2.75, 3.05) is 24.8 Å². The summed E-state index contributed by atoms with van der Waals surface area (Å²) in [7, 11) is 1.53. The number of nitrogens with zero attached hydrogens (tertiary/aromatic N) is 4. The summed E-state index contributed by atoms with van der Waals surface area (Å²) in [4.78, 5) is 29.1. The SMILES string of the molecule is COc1ccc2ncc(F)c(CN[C@H]3CC[C@](CO)(NCc4cnc5c(n4)NC(=O)CS5)CC3)c2n1. The van der Waals surface area contributed by atoms with E-state index in [4.69, 9.17) is 4.74 Å². The zero-order valence-corrected chi connectivity index (χ0v) is 20.7. The van der Waals surface area contributed by atoms with Gasteiger partial charge >= 0.3 is 0 Å². The van der Waals surface area contributed by atoms with E-state index in [0.29, 0.717) is 57.9 Å². The van der Waals surface area contributed by atoms with Crippen LogP contribution in [-0.4, -0.2) is 62.0 Å². The van der Waals surface area contributed by atoms with Gasteiger partial charge in [0.1, 0.15) is 16.4 Å². The second kappa shape index (κ2) is 10.6. The highest BCUT2D eigenvalue weighted by Gasteiger charge is 2.34. The number of aliphatic hydroxyl groups excluding tert-OH is 1. The molecule has 0 aromatic carbocycles. The first-order chi connectivity index (χ1) is 17.5. The second-order valence-corrected chi connectivity index (χ2v) is 10.1. The van der Waals surface area contributed by atoms with Crippen molar-refractivity contribution in [2.24, 2.45) is 0 Å². The topological polar surface area (TPSA) is 134 Å². The summed E-state index contributed by atoms with van der Waals surface area (Å²) in [6, 6.07) is 3.65. The average Bonchev–Trinajstić information content (AvgIpc) is 2.91. The molecule has 0 spiro atoms. The van der Waals surface area contributed by atoms with Gasteiger partial charge in [0, 0.05) is 36.3 Å². The number of aromatic nitrogens is 4. The number of hydrogen-bond acceptors (Lipinski definition) is 10. The maximum absolute atomic E-state index is 14.6. The molecule has 190 valence electrons. The molecular formula is C24H28FN7O3S. The van der Waals surface area contributed by atoms with Crippen LogP contribution in [-0.2, 0) is 17.9 Å². The molecule has 4 N–H and O–H groups in total. The van der Waals surface area contributed by atoms with Crippen LogP contribution in [0.25, 0.3) is 11.0 Å². The monoisotopic (exact) mass is 513 g/mol. The second-order valence-electron chi connectivity index (χ2n) is 9.11. The molecule has 1 amide bonds. The Bertz CT molecular complexity index is 1270. The number of carbonyl (C=O) groups is 1. The van der Waals surface area contributed by atoms with Crippen LogP contribution in [0.2, 0.25) is 0 Å². The molecule has 0 bridgehead atoms. The van der Waals surface area contributed by atoms with E-state index < -0.39 is 11.4 Å². The molecule has 5 rings (SSSR count). The van der Waals surface area contributed by atoms with E-state index in [1.165, 1.54) is 25.1 Å². The fourth-order valence-electron chi connectivity index (χ4n) is 4.64. The lowest BCUT2D eigenvalue weighted by molar-refractivity contribution is -0.113. The number of methoxy groups -OCH3 is 1. The van der Waals surface area contributed by atoms with Gasteiger partial charge in [0.2, 0.25) is 11.8 Å². The fourth-order valence-corrected chi connectivity index (χ4v) is 5.34.